The number of oxime groups is 1. The highest BCUT2D eigenvalue weighted by Crippen LogP contribution is 2.27. The second-order valence-corrected chi connectivity index (χ2v) is 4.63. The van der Waals surface area contributed by atoms with Gasteiger partial charge < -0.3 is 15.8 Å². The van der Waals surface area contributed by atoms with E-state index < -0.39 is 11.9 Å². The Kier molecular flexibility index (Phi) is 4.46. The normalized spacial score (nSPS) is 18.0. The number of alkyl halides is 3. The van der Waals surface area contributed by atoms with Crippen molar-refractivity contribution in [3.8, 4) is 0 Å². The smallest absolute Gasteiger partial charge is 0.409 e. The summed E-state index contributed by atoms with van der Waals surface area (Å²) >= 11 is 0. The van der Waals surface area contributed by atoms with Gasteiger partial charge in [-0.3, -0.25) is 4.90 Å². The molecule has 0 bridgehead atoms. The van der Waals surface area contributed by atoms with Crippen LogP contribution >= 0.6 is 0 Å². The van der Waals surface area contributed by atoms with Crippen LogP contribution in [-0.4, -0.2) is 58.9 Å². The summed E-state index contributed by atoms with van der Waals surface area (Å²) in [6.07, 6.45) is -4.48. The van der Waals surface area contributed by atoms with Gasteiger partial charge in [-0.15, -0.1) is 10.2 Å². The van der Waals surface area contributed by atoms with E-state index in [0.717, 1.165) is 6.07 Å². The maximum atomic E-state index is 12.4. The molecule has 1 fully saturated rings. The summed E-state index contributed by atoms with van der Waals surface area (Å²) in [4.78, 5) is 3.82. The molecule has 21 heavy (non-hydrogen) atoms. The van der Waals surface area contributed by atoms with Gasteiger partial charge in [0.05, 0.1) is 6.54 Å². The zero-order valence-electron chi connectivity index (χ0n) is 11.1. The minimum atomic E-state index is -4.48. The molecular weight excluding hydrogens is 289 g/mol. The Labute approximate surface area is 118 Å². The van der Waals surface area contributed by atoms with Gasteiger partial charge in [0.15, 0.2) is 17.3 Å². The number of nitrogens with zero attached hydrogens (tertiary/aromatic N) is 5. The van der Waals surface area contributed by atoms with E-state index >= 15 is 0 Å². The minimum Gasteiger partial charge on any atom is -0.409 e. The molecule has 0 atom stereocenters. The van der Waals surface area contributed by atoms with Gasteiger partial charge in [0.2, 0.25) is 0 Å². The maximum absolute atomic E-state index is 12.4. The van der Waals surface area contributed by atoms with Crippen LogP contribution in [0.2, 0.25) is 0 Å². The first-order valence-corrected chi connectivity index (χ1v) is 6.25. The zero-order valence-corrected chi connectivity index (χ0v) is 11.1. The molecule has 1 saturated heterocycles. The predicted molar refractivity (Wildman–Crippen MR) is 69.1 cm³/mol. The highest BCUT2D eigenvalue weighted by Gasteiger charge is 2.33. The fourth-order valence-corrected chi connectivity index (χ4v) is 2.04. The summed E-state index contributed by atoms with van der Waals surface area (Å²) in [6.45, 7) is 2.79. The number of nitrogens with two attached hydrogens (primary N) is 1. The highest BCUT2D eigenvalue weighted by atomic mass is 19.4. The van der Waals surface area contributed by atoms with Gasteiger partial charge in [-0.1, -0.05) is 5.16 Å². The van der Waals surface area contributed by atoms with E-state index in [2.05, 4.69) is 15.4 Å². The second-order valence-electron chi connectivity index (χ2n) is 4.63. The van der Waals surface area contributed by atoms with E-state index in [1.807, 2.05) is 9.80 Å². The molecule has 0 amide bonds. The van der Waals surface area contributed by atoms with Crippen LogP contribution in [0.3, 0.4) is 0 Å². The van der Waals surface area contributed by atoms with Crippen molar-refractivity contribution in [1.29, 1.82) is 0 Å². The van der Waals surface area contributed by atoms with Crippen LogP contribution in [0.1, 0.15) is 5.69 Å². The largest absolute Gasteiger partial charge is 0.435 e. The molecule has 10 heteroatoms. The number of amidine groups is 1. The van der Waals surface area contributed by atoms with Gasteiger partial charge in [0.1, 0.15) is 0 Å². The first-order chi connectivity index (χ1) is 9.90. The van der Waals surface area contributed by atoms with E-state index in [1.54, 1.807) is 0 Å². The fraction of sp³-hybridized carbons (Fsp3) is 0.545. The molecule has 7 nitrogen and oxygen atoms in total. The summed E-state index contributed by atoms with van der Waals surface area (Å²) in [7, 11) is 0. The van der Waals surface area contributed by atoms with Crippen LogP contribution in [0.5, 0.6) is 0 Å². The van der Waals surface area contributed by atoms with E-state index in [-0.39, 0.29) is 5.84 Å². The molecule has 1 aromatic rings. The number of aromatic nitrogens is 2. The molecule has 0 saturated carbocycles. The van der Waals surface area contributed by atoms with Crippen LogP contribution in [0, 0.1) is 0 Å². The van der Waals surface area contributed by atoms with Crippen molar-refractivity contribution in [2.45, 2.75) is 6.18 Å². The van der Waals surface area contributed by atoms with E-state index in [9.17, 15) is 13.2 Å². The zero-order chi connectivity index (χ0) is 15.5. The molecule has 0 aliphatic carbocycles. The third-order valence-electron chi connectivity index (χ3n) is 3.15. The molecule has 116 valence electrons. The summed E-state index contributed by atoms with van der Waals surface area (Å²) in [6, 6.07) is 2.24. The molecular formula is C11H15F3N6O. The first-order valence-electron chi connectivity index (χ1n) is 6.25. The lowest BCUT2D eigenvalue weighted by Gasteiger charge is -2.34. The average Bonchev–Trinajstić information content (AvgIpc) is 2.47. The fourth-order valence-electron chi connectivity index (χ4n) is 2.04. The molecule has 0 aromatic carbocycles. The van der Waals surface area contributed by atoms with Crippen molar-refractivity contribution >= 4 is 11.7 Å². The number of piperazine rings is 1. The van der Waals surface area contributed by atoms with Gasteiger partial charge in [0.25, 0.3) is 0 Å². The van der Waals surface area contributed by atoms with Crippen molar-refractivity contribution < 1.29 is 18.4 Å². The van der Waals surface area contributed by atoms with Crippen LogP contribution in [0.15, 0.2) is 17.3 Å². The quantitative estimate of drug-likeness (QED) is 0.363. The first kappa shape index (κ1) is 15.3. The van der Waals surface area contributed by atoms with Gasteiger partial charge >= 0.3 is 6.18 Å². The lowest BCUT2D eigenvalue weighted by molar-refractivity contribution is -0.141. The lowest BCUT2D eigenvalue weighted by Crippen LogP contribution is -2.49. The number of anilines is 1. The molecule has 2 heterocycles. The molecule has 0 spiro atoms. The van der Waals surface area contributed by atoms with E-state index in [1.165, 1.54) is 6.07 Å². The number of hydrogen-bond acceptors (Lipinski definition) is 6. The number of hydrogen-bond donors (Lipinski definition) is 2. The second kappa shape index (κ2) is 6.12. The van der Waals surface area contributed by atoms with Crippen molar-refractivity contribution in [2.75, 3.05) is 37.6 Å². The standard InChI is InChI=1S/C11H15F3N6O/c12-11(13,14)8-1-2-10(17-16-8)20-5-3-19(4-6-20)7-9(15)18-21/h1-2,21H,3-7H2,(H2,15,18). The van der Waals surface area contributed by atoms with Crippen molar-refractivity contribution in [3.05, 3.63) is 17.8 Å². The van der Waals surface area contributed by atoms with Gasteiger partial charge in [-0.05, 0) is 12.1 Å². The minimum absolute atomic E-state index is 0.123. The Morgan fingerprint density at radius 2 is 1.90 bits per heavy atom. The van der Waals surface area contributed by atoms with Crippen molar-refractivity contribution in [2.24, 2.45) is 10.9 Å². The lowest BCUT2D eigenvalue weighted by atomic mass is 10.3. The molecule has 3 N–H and O–H groups in total. The summed E-state index contributed by atoms with van der Waals surface area (Å²) < 4.78 is 37.2. The monoisotopic (exact) mass is 304 g/mol. The molecule has 2 rings (SSSR count). The van der Waals surface area contributed by atoms with Gasteiger partial charge in [-0.2, -0.15) is 13.2 Å². The molecule has 1 aromatic heterocycles. The molecule has 0 unspecified atom stereocenters. The molecule has 0 radical (unpaired) electrons. The third kappa shape index (κ3) is 3.94. The van der Waals surface area contributed by atoms with Crippen LogP contribution in [-0.2, 0) is 6.18 Å². The van der Waals surface area contributed by atoms with Crippen molar-refractivity contribution in [1.82, 2.24) is 15.1 Å². The Morgan fingerprint density at radius 3 is 2.38 bits per heavy atom. The number of rotatable bonds is 3. The Hall–Kier alpha value is -2.10. The van der Waals surface area contributed by atoms with Crippen LogP contribution < -0.4 is 10.6 Å². The highest BCUT2D eigenvalue weighted by molar-refractivity contribution is 5.81. The molecule has 1 aliphatic rings. The Balaban J connectivity index is 1.93. The third-order valence-corrected chi connectivity index (χ3v) is 3.15. The summed E-state index contributed by atoms with van der Waals surface area (Å²) in [5.41, 5.74) is 4.42. The summed E-state index contributed by atoms with van der Waals surface area (Å²) in [5, 5.41) is 18.2. The van der Waals surface area contributed by atoms with Gasteiger partial charge in [-0.25, -0.2) is 0 Å². The van der Waals surface area contributed by atoms with Crippen molar-refractivity contribution in [3.63, 3.8) is 0 Å². The van der Waals surface area contributed by atoms with Crippen LogP contribution in [0.4, 0.5) is 19.0 Å². The average molecular weight is 304 g/mol. The maximum Gasteiger partial charge on any atom is 0.435 e. The molecule has 1 aliphatic heterocycles. The van der Waals surface area contributed by atoms with Gasteiger partial charge in [0, 0.05) is 26.2 Å². The Bertz CT molecular complexity index is 496. The SMILES string of the molecule is N/C(CN1CCN(c2ccc(C(F)(F)F)nn2)CC1)=N/O. The number of halogens is 3. The summed E-state index contributed by atoms with van der Waals surface area (Å²) in [5.74, 6) is 0.532. The van der Waals surface area contributed by atoms with E-state index in [0.29, 0.717) is 38.5 Å². The topological polar surface area (TPSA) is 90.9 Å². The van der Waals surface area contributed by atoms with Crippen LogP contribution in [0.25, 0.3) is 0 Å². The Morgan fingerprint density at radius 1 is 1.24 bits per heavy atom. The van der Waals surface area contributed by atoms with E-state index in [4.69, 9.17) is 10.9 Å². The predicted octanol–water partition coefficient (Wildman–Crippen LogP) is 0.364.